The van der Waals surface area contributed by atoms with Crippen LogP contribution in [0, 0.1) is 0 Å². The molecule has 0 aliphatic carbocycles. The van der Waals surface area contributed by atoms with Crippen molar-refractivity contribution in [3.05, 3.63) is 58.3 Å². The van der Waals surface area contributed by atoms with Crippen molar-refractivity contribution in [3.63, 3.8) is 0 Å². The van der Waals surface area contributed by atoms with Crippen LogP contribution in [0.4, 0.5) is 0 Å². The molecule has 2 amide bonds. The van der Waals surface area contributed by atoms with Crippen LogP contribution in [0.1, 0.15) is 21.3 Å². The second-order valence-corrected chi connectivity index (χ2v) is 8.22. The Morgan fingerprint density at radius 2 is 1.82 bits per heavy atom. The number of amides is 2. The van der Waals surface area contributed by atoms with E-state index >= 15 is 0 Å². The van der Waals surface area contributed by atoms with Gasteiger partial charge in [0.1, 0.15) is 0 Å². The molecule has 0 bridgehead atoms. The lowest BCUT2D eigenvalue weighted by molar-refractivity contribution is -0.122. The van der Waals surface area contributed by atoms with Crippen molar-refractivity contribution >= 4 is 23.2 Å². The molecule has 1 saturated heterocycles. The molecular formula is C21H28N4O2S. The number of likely N-dealkylation sites (N-methyl/N-ethyl adjacent to an activating group) is 2. The van der Waals surface area contributed by atoms with Gasteiger partial charge in [-0.3, -0.25) is 14.5 Å². The summed E-state index contributed by atoms with van der Waals surface area (Å²) in [6.45, 7) is 4.87. The zero-order valence-electron chi connectivity index (χ0n) is 16.5. The Morgan fingerprint density at radius 1 is 1.11 bits per heavy atom. The largest absolute Gasteiger partial charge is 0.346 e. The van der Waals surface area contributed by atoms with Crippen LogP contribution in [0.3, 0.4) is 0 Å². The minimum absolute atomic E-state index is 0.0444. The molecule has 1 N–H and O–H groups in total. The molecule has 1 aliphatic heterocycles. The second-order valence-electron chi connectivity index (χ2n) is 7.27. The van der Waals surface area contributed by atoms with Crippen molar-refractivity contribution < 1.29 is 9.59 Å². The van der Waals surface area contributed by atoms with Crippen LogP contribution in [-0.4, -0.2) is 79.9 Å². The zero-order chi connectivity index (χ0) is 19.9. The van der Waals surface area contributed by atoms with E-state index in [1.165, 1.54) is 16.2 Å². The van der Waals surface area contributed by atoms with Crippen molar-refractivity contribution in [2.24, 2.45) is 0 Å². The first-order chi connectivity index (χ1) is 13.5. The highest BCUT2D eigenvalue weighted by atomic mass is 32.1. The lowest BCUT2D eigenvalue weighted by Gasteiger charge is -2.35. The van der Waals surface area contributed by atoms with Crippen LogP contribution in [0.25, 0.3) is 0 Å². The first kappa shape index (κ1) is 20.5. The highest BCUT2D eigenvalue weighted by molar-refractivity contribution is 7.12. The molecule has 6 nitrogen and oxygen atoms in total. The van der Waals surface area contributed by atoms with Crippen LogP contribution >= 0.6 is 11.3 Å². The van der Waals surface area contributed by atoms with Gasteiger partial charge in [0.05, 0.1) is 17.5 Å². The van der Waals surface area contributed by atoms with Crippen molar-refractivity contribution in [2.75, 3.05) is 53.4 Å². The maximum Gasteiger partial charge on any atom is 0.264 e. The summed E-state index contributed by atoms with van der Waals surface area (Å²) in [5.74, 6) is -0.268. The summed E-state index contributed by atoms with van der Waals surface area (Å²) in [6, 6.07) is 13.6. The standard InChI is InChI=1S/C21H28N4O2S/c1-23-10-12-25(13-11-23)15-18(17-7-4-3-5-8-17)22-20(26)16-24(2)21(27)19-9-6-14-28-19/h3-9,14,18H,10-13,15-16H2,1-2H3,(H,22,26). The maximum atomic E-state index is 12.7. The van der Waals surface area contributed by atoms with Crippen LogP contribution < -0.4 is 5.32 Å². The SMILES string of the molecule is CN1CCN(CC(NC(=O)CN(C)C(=O)c2cccs2)c2ccccc2)CC1. The van der Waals surface area contributed by atoms with Gasteiger partial charge >= 0.3 is 0 Å². The van der Waals surface area contributed by atoms with Crippen LogP contribution in [0.2, 0.25) is 0 Å². The number of carbonyl (C=O) groups is 2. The third-order valence-corrected chi connectivity index (χ3v) is 5.89. The van der Waals surface area contributed by atoms with E-state index in [4.69, 9.17) is 0 Å². The number of rotatable bonds is 7. The van der Waals surface area contributed by atoms with Crippen molar-refractivity contribution in [2.45, 2.75) is 6.04 Å². The summed E-state index contributed by atoms with van der Waals surface area (Å²) >= 11 is 1.39. The number of nitrogens with zero attached hydrogens (tertiary/aromatic N) is 3. The Kier molecular flexibility index (Phi) is 7.19. The summed E-state index contributed by atoms with van der Waals surface area (Å²) in [4.78, 5) is 31.9. The molecule has 1 aromatic heterocycles. The van der Waals surface area contributed by atoms with Gasteiger partial charge < -0.3 is 15.1 Å². The maximum absolute atomic E-state index is 12.7. The summed E-state index contributed by atoms with van der Waals surface area (Å²) in [7, 11) is 3.80. The Morgan fingerprint density at radius 3 is 2.46 bits per heavy atom. The number of piperazine rings is 1. The molecule has 7 heteroatoms. The molecule has 1 atom stereocenters. The van der Waals surface area contributed by atoms with E-state index in [2.05, 4.69) is 22.2 Å². The Labute approximate surface area is 170 Å². The van der Waals surface area contributed by atoms with Crippen LogP contribution in [-0.2, 0) is 4.79 Å². The van der Waals surface area contributed by atoms with Crippen molar-refractivity contribution in [1.82, 2.24) is 20.0 Å². The van der Waals surface area contributed by atoms with Gasteiger partial charge in [0, 0.05) is 39.8 Å². The topological polar surface area (TPSA) is 55.9 Å². The Balaban J connectivity index is 1.61. The molecule has 1 fully saturated rings. The van der Waals surface area contributed by atoms with E-state index in [9.17, 15) is 9.59 Å². The van der Waals surface area contributed by atoms with Gasteiger partial charge in [-0.05, 0) is 24.1 Å². The minimum atomic E-state index is -0.143. The molecule has 150 valence electrons. The smallest absolute Gasteiger partial charge is 0.264 e. The number of hydrogen-bond acceptors (Lipinski definition) is 5. The number of benzene rings is 1. The summed E-state index contributed by atoms with van der Waals surface area (Å²) < 4.78 is 0. The predicted octanol–water partition coefficient (Wildman–Crippen LogP) is 1.92. The quantitative estimate of drug-likeness (QED) is 0.772. The fourth-order valence-electron chi connectivity index (χ4n) is 3.32. The summed E-state index contributed by atoms with van der Waals surface area (Å²) in [5, 5.41) is 5.00. The molecule has 0 radical (unpaired) electrons. The zero-order valence-corrected chi connectivity index (χ0v) is 17.3. The van der Waals surface area contributed by atoms with E-state index < -0.39 is 0 Å². The molecule has 0 saturated carbocycles. The molecule has 2 aromatic rings. The highest BCUT2D eigenvalue weighted by Gasteiger charge is 2.22. The number of thiophene rings is 1. The molecule has 1 unspecified atom stereocenters. The molecular weight excluding hydrogens is 372 g/mol. The van der Waals surface area contributed by atoms with E-state index in [1.807, 2.05) is 41.8 Å². The van der Waals surface area contributed by atoms with Gasteiger partial charge in [-0.2, -0.15) is 0 Å². The van der Waals surface area contributed by atoms with Gasteiger partial charge in [0.2, 0.25) is 5.91 Å². The number of carbonyl (C=O) groups excluding carboxylic acids is 2. The number of hydrogen-bond donors (Lipinski definition) is 1. The first-order valence-electron chi connectivity index (χ1n) is 9.57. The number of nitrogens with one attached hydrogen (secondary N) is 1. The van der Waals surface area contributed by atoms with E-state index in [-0.39, 0.29) is 24.4 Å². The normalized spacial score (nSPS) is 16.5. The lowest BCUT2D eigenvalue weighted by Crippen LogP contribution is -2.48. The average Bonchev–Trinajstić information content (AvgIpc) is 3.24. The molecule has 2 heterocycles. The van der Waals surface area contributed by atoms with E-state index in [1.54, 1.807) is 13.1 Å². The van der Waals surface area contributed by atoms with E-state index in [0.717, 1.165) is 38.3 Å². The minimum Gasteiger partial charge on any atom is -0.346 e. The lowest BCUT2D eigenvalue weighted by atomic mass is 10.1. The van der Waals surface area contributed by atoms with Gasteiger partial charge in [-0.25, -0.2) is 0 Å². The van der Waals surface area contributed by atoms with Crippen molar-refractivity contribution in [3.8, 4) is 0 Å². The van der Waals surface area contributed by atoms with Crippen LogP contribution in [0.15, 0.2) is 47.8 Å². The van der Waals surface area contributed by atoms with Gasteiger partial charge in [0.15, 0.2) is 0 Å². The van der Waals surface area contributed by atoms with Crippen LogP contribution in [0.5, 0.6) is 0 Å². The third kappa shape index (κ3) is 5.64. The average molecular weight is 401 g/mol. The molecule has 3 rings (SSSR count). The van der Waals surface area contributed by atoms with Gasteiger partial charge in [0.25, 0.3) is 5.91 Å². The van der Waals surface area contributed by atoms with Gasteiger partial charge in [-0.1, -0.05) is 36.4 Å². The third-order valence-electron chi connectivity index (χ3n) is 5.03. The molecule has 1 aromatic carbocycles. The Hall–Kier alpha value is -2.22. The monoisotopic (exact) mass is 400 g/mol. The summed E-state index contributed by atoms with van der Waals surface area (Å²) in [5.41, 5.74) is 1.09. The fraction of sp³-hybridized carbons (Fsp3) is 0.429. The van der Waals surface area contributed by atoms with Gasteiger partial charge in [-0.15, -0.1) is 11.3 Å². The molecule has 28 heavy (non-hydrogen) atoms. The molecule has 0 spiro atoms. The van der Waals surface area contributed by atoms with E-state index in [0.29, 0.717) is 4.88 Å². The Bertz CT molecular complexity index is 758. The second kappa shape index (κ2) is 9.82. The highest BCUT2D eigenvalue weighted by Crippen LogP contribution is 2.16. The van der Waals surface area contributed by atoms with Crippen molar-refractivity contribution in [1.29, 1.82) is 0 Å². The summed E-state index contributed by atoms with van der Waals surface area (Å²) in [6.07, 6.45) is 0. The first-order valence-corrected chi connectivity index (χ1v) is 10.4. The molecule has 1 aliphatic rings. The predicted molar refractivity (Wildman–Crippen MR) is 113 cm³/mol. The fourth-order valence-corrected chi connectivity index (χ4v) is 4.04.